The number of carbonyl (C=O) groups is 2. The summed E-state index contributed by atoms with van der Waals surface area (Å²) in [5, 5.41) is 12.1. The van der Waals surface area contributed by atoms with Gasteiger partial charge in [-0.3, -0.25) is 9.59 Å². The average molecular weight is 420 g/mol. The van der Waals surface area contributed by atoms with Gasteiger partial charge in [-0.15, -0.1) is 0 Å². The highest BCUT2D eigenvalue weighted by molar-refractivity contribution is 7.80. The molecule has 6 N–H and O–H groups in total. The zero-order chi connectivity index (χ0) is 20.9. The second-order valence-corrected chi connectivity index (χ2v) is 7.52. The SMILES string of the molecule is CC(=O)Nc1ccc(NC(=S)Nc2ccc(NC(=O)C(C)(C)N)c(Cl)c2)cc1. The zero-order valence-electron chi connectivity index (χ0n) is 15.7. The average Bonchev–Trinajstić information content (AvgIpc) is 2.57. The summed E-state index contributed by atoms with van der Waals surface area (Å²) in [4.78, 5) is 23.0. The van der Waals surface area contributed by atoms with Crippen molar-refractivity contribution in [1.82, 2.24) is 0 Å². The Bertz CT molecular complexity index is 894. The van der Waals surface area contributed by atoms with Crippen LogP contribution in [0.2, 0.25) is 5.02 Å². The Labute approximate surface area is 174 Å². The fourth-order valence-electron chi connectivity index (χ4n) is 2.11. The lowest BCUT2D eigenvalue weighted by Crippen LogP contribution is -2.45. The third-order valence-electron chi connectivity index (χ3n) is 3.52. The van der Waals surface area contributed by atoms with Gasteiger partial charge >= 0.3 is 0 Å². The number of amides is 2. The Balaban J connectivity index is 1.97. The first kappa shape index (κ1) is 21.6. The summed E-state index contributed by atoms with van der Waals surface area (Å²) in [5.41, 5.74) is 7.32. The molecular weight excluding hydrogens is 398 g/mol. The van der Waals surface area contributed by atoms with Crippen molar-refractivity contribution in [3.63, 3.8) is 0 Å². The number of thiocarbonyl (C=S) groups is 1. The van der Waals surface area contributed by atoms with Crippen molar-refractivity contribution in [1.29, 1.82) is 0 Å². The quantitative estimate of drug-likeness (QED) is 0.472. The molecule has 0 saturated heterocycles. The van der Waals surface area contributed by atoms with Crippen molar-refractivity contribution in [2.45, 2.75) is 26.3 Å². The van der Waals surface area contributed by atoms with Gasteiger partial charge in [-0.05, 0) is 68.5 Å². The predicted molar refractivity (Wildman–Crippen MR) is 119 cm³/mol. The molecule has 0 aromatic heterocycles. The van der Waals surface area contributed by atoms with Crippen molar-refractivity contribution < 1.29 is 9.59 Å². The molecule has 7 nitrogen and oxygen atoms in total. The van der Waals surface area contributed by atoms with Crippen molar-refractivity contribution in [3.8, 4) is 0 Å². The van der Waals surface area contributed by atoms with E-state index < -0.39 is 5.54 Å². The van der Waals surface area contributed by atoms with Crippen LogP contribution in [-0.2, 0) is 9.59 Å². The van der Waals surface area contributed by atoms with Gasteiger partial charge in [0.15, 0.2) is 5.11 Å². The summed E-state index contributed by atoms with van der Waals surface area (Å²) in [7, 11) is 0. The van der Waals surface area contributed by atoms with E-state index in [1.165, 1.54) is 6.92 Å². The number of benzene rings is 2. The first-order chi connectivity index (χ1) is 13.0. The number of hydrogen-bond donors (Lipinski definition) is 5. The third kappa shape index (κ3) is 6.49. The summed E-state index contributed by atoms with van der Waals surface area (Å²) in [6, 6.07) is 12.2. The van der Waals surface area contributed by atoms with Crippen molar-refractivity contribution in [2.75, 3.05) is 21.3 Å². The smallest absolute Gasteiger partial charge is 0.243 e. The fourth-order valence-corrected chi connectivity index (χ4v) is 2.57. The molecule has 2 rings (SSSR count). The van der Waals surface area contributed by atoms with Gasteiger partial charge in [-0.1, -0.05) is 11.6 Å². The van der Waals surface area contributed by atoms with Crippen LogP contribution >= 0.6 is 23.8 Å². The van der Waals surface area contributed by atoms with E-state index in [0.717, 1.165) is 5.69 Å². The van der Waals surface area contributed by atoms with Crippen LogP contribution in [0.5, 0.6) is 0 Å². The highest BCUT2D eigenvalue weighted by Gasteiger charge is 2.22. The van der Waals surface area contributed by atoms with Gasteiger partial charge in [-0.2, -0.15) is 0 Å². The molecule has 0 aliphatic rings. The number of hydrogen-bond acceptors (Lipinski definition) is 4. The van der Waals surface area contributed by atoms with Gasteiger partial charge in [0, 0.05) is 24.0 Å². The fraction of sp³-hybridized carbons (Fsp3) is 0.211. The molecule has 0 heterocycles. The van der Waals surface area contributed by atoms with Crippen LogP contribution in [0, 0.1) is 0 Å². The van der Waals surface area contributed by atoms with E-state index in [0.29, 0.717) is 27.2 Å². The van der Waals surface area contributed by atoms with E-state index in [4.69, 9.17) is 29.6 Å². The minimum atomic E-state index is -1.01. The van der Waals surface area contributed by atoms with Crippen LogP contribution in [0.1, 0.15) is 20.8 Å². The lowest BCUT2D eigenvalue weighted by atomic mass is 10.1. The normalized spacial score (nSPS) is 10.8. The number of anilines is 4. The summed E-state index contributed by atoms with van der Waals surface area (Å²) in [6.07, 6.45) is 0. The van der Waals surface area contributed by atoms with Crippen LogP contribution < -0.4 is 27.0 Å². The minimum absolute atomic E-state index is 0.135. The number of nitrogens with two attached hydrogens (primary N) is 1. The minimum Gasteiger partial charge on any atom is -0.332 e. The molecule has 148 valence electrons. The highest BCUT2D eigenvalue weighted by atomic mass is 35.5. The Morgan fingerprint density at radius 1 is 0.929 bits per heavy atom. The monoisotopic (exact) mass is 419 g/mol. The molecule has 0 aliphatic heterocycles. The van der Waals surface area contributed by atoms with E-state index in [-0.39, 0.29) is 11.8 Å². The van der Waals surface area contributed by atoms with E-state index >= 15 is 0 Å². The first-order valence-corrected chi connectivity index (χ1v) is 9.19. The molecule has 0 radical (unpaired) electrons. The summed E-state index contributed by atoms with van der Waals surface area (Å²) in [6.45, 7) is 4.67. The molecule has 0 aliphatic carbocycles. The molecule has 28 heavy (non-hydrogen) atoms. The molecule has 0 fully saturated rings. The van der Waals surface area contributed by atoms with Gasteiger partial charge in [0.25, 0.3) is 0 Å². The number of nitrogens with one attached hydrogen (secondary N) is 4. The Morgan fingerprint density at radius 2 is 1.43 bits per heavy atom. The van der Waals surface area contributed by atoms with Crippen molar-refractivity contribution in [3.05, 3.63) is 47.5 Å². The maximum Gasteiger partial charge on any atom is 0.243 e. The molecule has 0 bridgehead atoms. The molecule has 0 spiro atoms. The van der Waals surface area contributed by atoms with Gasteiger partial charge in [0.2, 0.25) is 11.8 Å². The predicted octanol–water partition coefficient (Wildman–Crippen LogP) is 3.78. The van der Waals surface area contributed by atoms with E-state index in [1.807, 2.05) is 0 Å². The molecule has 0 atom stereocenters. The van der Waals surface area contributed by atoms with Crippen LogP contribution in [-0.4, -0.2) is 22.5 Å². The molecule has 2 aromatic rings. The molecule has 9 heteroatoms. The van der Waals surface area contributed by atoms with E-state index in [2.05, 4.69) is 21.3 Å². The van der Waals surface area contributed by atoms with Crippen molar-refractivity contribution in [2.24, 2.45) is 5.73 Å². The molecular formula is C19H22ClN5O2S. The largest absolute Gasteiger partial charge is 0.332 e. The van der Waals surface area contributed by atoms with Gasteiger partial charge in [-0.25, -0.2) is 0 Å². The number of carbonyl (C=O) groups excluding carboxylic acids is 2. The van der Waals surface area contributed by atoms with E-state index in [1.54, 1.807) is 56.3 Å². The number of rotatable bonds is 5. The topological polar surface area (TPSA) is 108 Å². The Kier molecular flexibility index (Phi) is 6.95. The molecule has 0 saturated carbocycles. The van der Waals surface area contributed by atoms with Crippen LogP contribution in [0.25, 0.3) is 0 Å². The van der Waals surface area contributed by atoms with Crippen LogP contribution in [0.3, 0.4) is 0 Å². The Hall–Kier alpha value is -2.68. The molecule has 0 unspecified atom stereocenters. The van der Waals surface area contributed by atoms with Crippen LogP contribution in [0.4, 0.5) is 22.7 Å². The second-order valence-electron chi connectivity index (χ2n) is 6.71. The van der Waals surface area contributed by atoms with Gasteiger partial charge in [0.05, 0.1) is 16.2 Å². The van der Waals surface area contributed by atoms with Crippen LogP contribution in [0.15, 0.2) is 42.5 Å². The first-order valence-electron chi connectivity index (χ1n) is 8.40. The number of halogens is 1. The van der Waals surface area contributed by atoms with Gasteiger partial charge < -0.3 is 27.0 Å². The second kappa shape index (κ2) is 9.01. The standard InChI is InChI=1S/C19H22ClN5O2S/c1-11(26)22-12-4-6-13(7-5-12)23-18(28)24-14-8-9-16(15(20)10-14)25-17(27)19(2,3)21/h4-10H,21H2,1-3H3,(H,22,26)(H,25,27)(H2,23,24,28). The van der Waals surface area contributed by atoms with Crippen molar-refractivity contribution >= 4 is 63.5 Å². The van der Waals surface area contributed by atoms with Gasteiger partial charge in [0.1, 0.15) is 0 Å². The molecule has 2 amide bonds. The van der Waals surface area contributed by atoms with E-state index in [9.17, 15) is 9.59 Å². The maximum absolute atomic E-state index is 12.0. The summed E-state index contributed by atoms with van der Waals surface area (Å²) < 4.78 is 0. The highest BCUT2D eigenvalue weighted by Crippen LogP contribution is 2.26. The third-order valence-corrected chi connectivity index (χ3v) is 4.04. The zero-order valence-corrected chi connectivity index (χ0v) is 17.3. The Morgan fingerprint density at radius 3 is 1.93 bits per heavy atom. The lowest BCUT2D eigenvalue weighted by molar-refractivity contribution is -0.120. The maximum atomic E-state index is 12.0. The summed E-state index contributed by atoms with van der Waals surface area (Å²) in [5.74, 6) is -0.473. The lowest BCUT2D eigenvalue weighted by Gasteiger charge is -2.19. The molecule has 2 aromatic carbocycles. The summed E-state index contributed by atoms with van der Waals surface area (Å²) >= 11 is 11.5.